The van der Waals surface area contributed by atoms with E-state index >= 15 is 0 Å². The van der Waals surface area contributed by atoms with Gasteiger partial charge in [0.15, 0.2) is 5.16 Å². The summed E-state index contributed by atoms with van der Waals surface area (Å²) in [4.78, 5) is 23.4. The second-order valence-corrected chi connectivity index (χ2v) is 10.6. The first-order valence-electron chi connectivity index (χ1n) is 9.52. The number of nitrogens with one attached hydrogen (secondary N) is 1. The highest BCUT2D eigenvalue weighted by Crippen LogP contribution is 2.36. The summed E-state index contributed by atoms with van der Waals surface area (Å²) in [5.41, 5.74) is 1.06. The van der Waals surface area contributed by atoms with Gasteiger partial charge >= 0.3 is 0 Å². The standard InChI is InChI=1S/C20H22N4O2S3/c1-5-10(2)9-13-11(3)28-19-15(13)16(25)21-20(22-19)29-12(4)17-23-24-18(26-17)14-7-6-8-27-14/h6-8,10,12H,5,9H2,1-4H3,(H,21,22,25)/t10-,12+/m0/s1. The van der Waals surface area contributed by atoms with Crippen LogP contribution in [0, 0.1) is 12.8 Å². The first-order valence-corrected chi connectivity index (χ1v) is 12.1. The van der Waals surface area contributed by atoms with Crippen molar-refractivity contribution in [3.8, 4) is 10.8 Å². The fourth-order valence-electron chi connectivity index (χ4n) is 3.07. The molecular formula is C20H22N4O2S3. The van der Waals surface area contributed by atoms with E-state index in [2.05, 4.69) is 36.0 Å². The molecule has 0 fully saturated rings. The van der Waals surface area contributed by atoms with Gasteiger partial charge < -0.3 is 9.40 Å². The van der Waals surface area contributed by atoms with Crippen LogP contribution in [0.25, 0.3) is 21.0 Å². The van der Waals surface area contributed by atoms with E-state index in [-0.39, 0.29) is 10.8 Å². The predicted molar refractivity (Wildman–Crippen MR) is 120 cm³/mol. The molecular weight excluding hydrogens is 424 g/mol. The number of rotatable bonds is 7. The largest absolute Gasteiger partial charge is 0.419 e. The van der Waals surface area contributed by atoms with Crippen molar-refractivity contribution < 1.29 is 4.42 Å². The van der Waals surface area contributed by atoms with E-state index in [4.69, 9.17) is 9.40 Å². The molecule has 0 amide bonds. The lowest BCUT2D eigenvalue weighted by atomic mass is 9.98. The summed E-state index contributed by atoms with van der Waals surface area (Å²) in [6, 6.07) is 3.90. The molecule has 152 valence electrons. The molecule has 4 rings (SSSR count). The number of aromatic nitrogens is 4. The first-order chi connectivity index (χ1) is 14.0. The van der Waals surface area contributed by atoms with Gasteiger partial charge in [-0.2, -0.15) is 0 Å². The van der Waals surface area contributed by atoms with Gasteiger partial charge in [0.1, 0.15) is 4.83 Å². The molecule has 4 heterocycles. The number of hydrogen-bond acceptors (Lipinski definition) is 8. The Bertz CT molecular complexity index is 1180. The topological polar surface area (TPSA) is 84.7 Å². The molecule has 0 radical (unpaired) electrons. The summed E-state index contributed by atoms with van der Waals surface area (Å²) >= 11 is 4.56. The average Bonchev–Trinajstić information content (AvgIpc) is 3.41. The molecule has 0 bridgehead atoms. The maximum atomic E-state index is 12.8. The van der Waals surface area contributed by atoms with Gasteiger partial charge in [0, 0.05) is 4.88 Å². The van der Waals surface area contributed by atoms with Crippen molar-refractivity contribution in [1.82, 2.24) is 20.2 Å². The fourth-order valence-corrected chi connectivity index (χ4v) is 5.65. The van der Waals surface area contributed by atoms with Crippen LogP contribution in [0.2, 0.25) is 0 Å². The maximum absolute atomic E-state index is 12.8. The lowest BCUT2D eigenvalue weighted by Gasteiger charge is -2.08. The van der Waals surface area contributed by atoms with Crippen molar-refractivity contribution in [2.45, 2.75) is 50.9 Å². The zero-order chi connectivity index (χ0) is 20.5. The highest BCUT2D eigenvalue weighted by atomic mass is 32.2. The molecule has 4 aromatic heterocycles. The quantitative estimate of drug-likeness (QED) is 0.283. The highest BCUT2D eigenvalue weighted by Gasteiger charge is 2.21. The highest BCUT2D eigenvalue weighted by molar-refractivity contribution is 7.99. The molecule has 0 aromatic carbocycles. The molecule has 4 aromatic rings. The fraction of sp³-hybridized carbons (Fsp3) is 0.400. The van der Waals surface area contributed by atoms with Gasteiger partial charge in [-0.1, -0.05) is 38.1 Å². The number of aryl methyl sites for hydroxylation is 1. The molecule has 0 saturated carbocycles. The molecule has 2 atom stereocenters. The second kappa shape index (κ2) is 8.41. The Hall–Kier alpha value is -1.97. The second-order valence-electron chi connectivity index (χ2n) is 7.09. The molecule has 6 nitrogen and oxygen atoms in total. The third kappa shape index (κ3) is 4.17. The minimum Gasteiger partial charge on any atom is -0.419 e. The molecule has 0 saturated heterocycles. The number of thioether (sulfide) groups is 1. The van der Waals surface area contributed by atoms with Crippen molar-refractivity contribution in [1.29, 1.82) is 0 Å². The van der Waals surface area contributed by atoms with Crippen LogP contribution < -0.4 is 5.56 Å². The molecule has 0 aliphatic rings. The minimum atomic E-state index is -0.127. The Morgan fingerprint density at radius 3 is 2.86 bits per heavy atom. The van der Waals surface area contributed by atoms with Crippen molar-refractivity contribution in [3.63, 3.8) is 0 Å². The van der Waals surface area contributed by atoms with Gasteiger partial charge in [-0.05, 0) is 43.2 Å². The lowest BCUT2D eigenvalue weighted by molar-refractivity contribution is 0.510. The number of fused-ring (bicyclic) bond motifs is 1. The third-order valence-electron chi connectivity index (χ3n) is 4.90. The molecule has 1 N–H and O–H groups in total. The van der Waals surface area contributed by atoms with Crippen LogP contribution in [0.4, 0.5) is 0 Å². The van der Waals surface area contributed by atoms with Crippen LogP contribution in [-0.4, -0.2) is 20.2 Å². The van der Waals surface area contributed by atoms with Gasteiger partial charge in [0.25, 0.3) is 11.4 Å². The van der Waals surface area contributed by atoms with Crippen LogP contribution >= 0.6 is 34.4 Å². The van der Waals surface area contributed by atoms with E-state index in [1.807, 2.05) is 24.4 Å². The van der Waals surface area contributed by atoms with Crippen LogP contribution in [0.3, 0.4) is 0 Å². The molecule has 0 unspecified atom stereocenters. The average molecular weight is 447 g/mol. The summed E-state index contributed by atoms with van der Waals surface area (Å²) in [5.74, 6) is 1.57. The molecule has 0 spiro atoms. The first kappa shape index (κ1) is 20.3. The number of nitrogens with zero attached hydrogens (tertiary/aromatic N) is 3. The summed E-state index contributed by atoms with van der Waals surface area (Å²) in [7, 11) is 0. The summed E-state index contributed by atoms with van der Waals surface area (Å²) in [6.07, 6.45) is 1.99. The Kier molecular flexibility index (Phi) is 5.89. The van der Waals surface area contributed by atoms with Crippen molar-refractivity contribution >= 4 is 44.7 Å². The number of H-pyrrole nitrogens is 1. The molecule has 0 aliphatic carbocycles. The minimum absolute atomic E-state index is 0.0721. The number of hydrogen-bond donors (Lipinski definition) is 1. The van der Waals surface area contributed by atoms with E-state index in [9.17, 15) is 4.79 Å². The van der Waals surface area contributed by atoms with Crippen LogP contribution in [0.5, 0.6) is 0 Å². The Morgan fingerprint density at radius 2 is 2.14 bits per heavy atom. The Morgan fingerprint density at radius 1 is 1.31 bits per heavy atom. The summed E-state index contributed by atoms with van der Waals surface area (Å²) in [5, 5.41) is 11.4. The molecule has 9 heteroatoms. The van der Waals surface area contributed by atoms with Crippen LogP contribution in [0.15, 0.2) is 31.9 Å². The number of thiophene rings is 2. The smallest absolute Gasteiger partial charge is 0.260 e. The monoisotopic (exact) mass is 446 g/mol. The molecule has 0 aliphatic heterocycles. The van der Waals surface area contributed by atoms with Crippen molar-refractivity contribution in [3.05, 3.63) is 44.2 Å². The van der Waals surface area contributed by atoms with Crippen LogP contribution in [0.1, 0.15) is 48.8 Å². The van der Waals surface area contributed by atoms with Crippen LogP contribution in [-0.2, 0) is 6.42 Å². The number of aromatic amines is 1. The zero-order valence-corrected chi connectivity index (χ0v) is 19.1. The van der Waals surface area contributed by atoms with E-state index in [0.717, 1.165) is 33.5 Å². The van der Waals surface area contributed by atoms with Crippen molar-refractivity contribution in [2.24, 2.45) is 5.92 Å². The Labute approximate surface area is 180 Å². The summed E-state index contributed by atoms with van der Waals surface area (Å²) < 4.78 is 5.81. The SMILES string of the molecule is CC[C@H](C)Cc1c(C)sc2nc(S[C@H](C)c3nnc(-c4cccs4)o3)[nH]c(=O)c12. The predicted octanol–water partition coefficient (Wildman–Crippen LogP) is 5.85. The molecule has 29 heavy (non-hydrogen) atoms. The van der Waals surface area contributed by atoms with E-state index in [1.54, 1.807) is 22.7 Å². The summed E-state index contributed by atoms with van der Waals surface area (Å²) in [6.45, 7) is 8.43. The van der Waals surface area contributed by atoms with Gasteiger partial charge in [-0.15, -0.1) is 32.9 Å². The normalized spacial score (nSPS) is 13.8. The zero-order valence-electron chi connectivity index (χ0n) is 16.7. The van der Waals surface area contributed by atoms with E-state index in [0.29, 0.717) is 22.9 Å². The maximum Gasteiger partial charge on any atom is 0.260 e. The van der Waals surface area contributed by atoms with Gasteiger partial charge in [0.05, 0.1) is 15.5 Å². The van der Waals surface area contributed by atoms with Gasteiger partial charge in [-0.25, -0.2) is 4.98 Å². The van der Waals surface area contributed by atoms with E-state index < -0.39 is 0 Å². The van der Waals surface area contributed by atoms with Gasteiger partial charge in [-0.3, -0.25) is 4.79 Å². The van der Waals surface area contributed by atoms with E-state index in [1.165, 1.54) is 16.6 Å². The van der Waals surface area contributed by atoms with Gasteiger partial charge in [0.2, 0.25) is 5.89 Å². The third-order valence-corrected chi connectivity index (χ3v) is 7.77. The Balaban J connectivity index is 1.59. The lowest BCUT2D eigenvalue weighted by Crippen LogP contribution is -2.11. The van der Waals surface area contributed by atoms with Crippen molar-refractivity contribution in [2.75, 3.05) is 0 Å².